The summed E-state index contributed by atoms with van der Waals surface area (Å²) in [4.78, 5) is 0. The molecule has 0 radical (unpaired) electrons. The van der Waals surface area contributed by atoms with Gasteiger partial charge in [-0.3, -0.25) is 0 Å². The minimum absolute atomic E-state index is 0. The molecule has 10 heavy (non-hydrogen) atoms. The SMILES string of the molecule is CC1CNCC(C)N1.Cl.Cl. The van der Waals surface area contributed by atoms with E-state index in [4.69, 9.17) is 0 Å². The van der Waals surface area contributed by atoms with Crippen molar-refractivity contribution >= 4 is 24.8 Å². The van der Waals surface area contributed by atoms with Gasteiger partial charge in [0.05, 0.1) is 0 Å². The van der Waals surface area contributed by atoms with E-state index >= 15 is 0 Å². The van der Waals surface area contributed by atoms with Crippen LogP contribution >= 0.6 is 24.8 Å². The number of piperazine rings is 1. The third kappa shape index (κ3) is 4.34. The summed E-state index contributed by atoms with van der Waals surface area (Å²) in [6.45, 7) is 6.62. The van der Waals surface area contributed by atoms with Crippen molar-refractivity contribution in [3.8, 4) is 0 Å². The highest BCUT2D eigenvalue weighted by molar-refractivity contribution is 5.85. The average molecular weight is 187 g/mol. The Morgan fingerprint density at radius 1 is 1.00 bits per heavy atom. The Bertz CT molecular complexity index is 72.1. The number of hydrogen-bond donors (Lipinski definition) is 2. The minimum atomic E-state index is 0. The topological polar surface area (TPSA) is 24.1 Å². The van der Waals surface area contributed by atoms with Crippen molar-refractivity contribution in [2.75, 3.05) is 13.1 Å². The Morgan fingerprint density at radius 2 is 1.40 bits per heavy atom. The fraction of sp³-hybridized carbons (Fsp3) is 1.00. The Hall–Kier alpha value is 0.500. The maximum Gasteiger partial charge on any atom is 0.0167 e. The van der Waals surface area contributed by atoms with E-state index in [1.54, 1.807) is 0 Å². The van der Waals surface area contributed by atoms with Crippen molar-refractivity contribution in [1.29, 1.82) is 0 Å². The monoisotopic (exact) mass is 186 g/mol. The molecule has 2 unspecified atom stereocenters. The molecule has 1 heterocycles. The highest BCUT2D eigenvalue weighted by Gasteiger charge is 2.11. The molecule has 4 heteroatoms. The fourth-order valence-corrected chi connectivity index (χ4v) is 1.12. The van der Waals surface area contributed by atoms with E-state index in [1.807, 2.05) is 0 Å². The van der Waals surface area contributed by atoms with Crippen LogP contribution in [0.15, 0.2) is 0 Å². The predicted octanol–water partition coefficient (Wildman–Crippen LogP) is 0.800. The summed E-state index contributed by atoms with van der Waals surface area (Å²) in [5, 5.41) is 6.74. The first-order valence-corrected chi connectivity index (χ1v) is 3.26. The van der Waals surface area contributed by atoms with E-state index in [2.05, 4.69) is 24.5 Å². The van der Waals surface area contributed by atoms with Gasteiger partial charge in [-0.05, 0) is 13.8 Å². The second-order valence-electron chi connectivity index (χ2n) is 2.63. The lowest BCUT2D eigenvalue weighted by Crippen LogP contribution is -2.52. The highest BCUT2D eigenvalue weighted by Crippen LogP contribution is 1.90. The number of hydrogen-bond acceptors (Lipinski definition) is 2. The van der Waals surface area contributed by atoms with Gasteiger partial charge in [-0.2, -0.15) is 0 Å². The Balaban J connectivity index is 0. The van der Waals surface area contributed by atoms with Crippen molar-refractivity contribution in [3.05, 3.63) is 0 Å². The van der Waals surface area contributed by atoms with Crippen LogP contribution in [0.3, 0.4) is 0 Å². The minimum Gasteiger partial charge on any atom is -0.314 e. The second kappa shape index (κ2) is 6.23. The molecule has 64 valence electrons. The van der Waals surface area contributed by atoms with Gasteiger partial charge >= 0.3 is 0 Å². The summed E-state index contributed by atoms with van der Waals surface area (Å²) in [7, 11) is 0. The number of halogens is 2. The third-order valence-corrected chi connectivity index (χ3v) is 1.47. The van der Waals surface area contributed by atoms with Gasteiger partial charge < -0.3 is 10.6 Å². The lowest BCUT2D eigenvalue weighted by Gasteiger charge is -2.26. The van der Waals surface area contributed by atoms with E-state index < -0.39 is 0 Å². The molecule has 0 aromatic carbocycles. The van der Waals surface area contributed by atoms with Gasteiger partial charge in [0.2, 0.25) is 0 Å². The molecule has 0 spiro atoms. The summed E-state index contributed by atoms with van der Waals surface area (Å²) < 4.78 is 0. The average Bonchev–Trinajstić information content (AvgIpc) is 1.64. The van der Waals surface area contributed by atoms with Crippen LogP contribution in [0.5, 0.6) is 0 Å². The number of nitrogens with one attached hydrogen (secondary N) is 2. The van der Waals surface area contributed by atoms with Crippen LogP contribution in [0.1, 0.15) is 13.8 Å². The summed E-state index contributed by atoms with van der Waals surface area (Å²) in [5.41, 5.74) is 0. The fourth-order valence-electron chi connectivity index (χ4n) is 1.12. The van der Waals surface area contributed by atoms with Gasteiger partial charge in [0.15, 0.2) is 0 Å². The maximum absolute atomic E-state index is 3.42. The molecule has 1 aliphatic heterocycles. The third-order valence-electron chi connectivity index (χ3n) is 1.47. The number of rotatable bonds is 0. The van der Waals surface area contributed by atoms with Crippen molar-refractivity contribution in [3.63, 3.8) is 0 Å². The molecule has 1 aliphatic rings. The van der Waals surface area contributed by atoms with E-state index in [1.165, 1.54) is 0 Å². The van der Waals surface area contributed by atoms with E-state index in [0.717, 1.165) is 13.1 Å². The van der Waals surface area contributed by atoms with E-state index in [-0.39, 0.29) is 24.8 Å². The Labute approximate surface area is 75.0 Å². The quantitative estimate of drug-likeness (QED) is 0.586. The second-order valence-corrected chi connectivity index (χ2v) is 2.63. The summed E-state index contributed by atoms with van der Waals surface area (Å²) >= 11 is 0. The zero-order valence-electron chi connectivity index (χ0n) is 6.39. The molecular formula is C6H16Cl2N2. The van der Waals surface area contributed by atoms with Crippen LogP contribution < -0.4 is 10.6 Å². The lowest BCUT2D eigenvalue weighted by atomic mass is 10.2. The van der Waals surface area contributed by atoms with Crippen LogP contribution in [0.2, 0.25) is 0 Å². The molecule has 0 aromatic heterocycles. The molecule has 0 bridgehead atoms. The first-order valence-electron chi connectivity index (χ1n) is 3.26. The Kier molecular flexibility index (Phi) is 8.17. The highest BCUT2D eigenvalue weighted by atomic mass is 35.5. The summed E-state index contributed by atoms with van der Waals surface area (Å²) in [6, 6.07) is 1.30. The van der Waals surface area contributed by atoms with Gasteiger partial charge in [-0.1, -0.05) is 0 Å². The molecule has 0 aromatic rings. The first-order chi connectivity index (χ1) is 3.79. The normalized spacial score (nSPS) is 31.8. The van der Waals surface area contributed by atoms with Crippen molar-refractivity contribution < 1.29 is 0 Å². The maximum atomic E-state index is 3.42. The molecule has 2 atom stereocenters. The summed E-state index contributed by atoms with van der Waals surface area (Å²) in [5.74, 6) is 0. The molecule has 1 saturated heterocycles. The van der Waals surface area contributed by atoms with Crippen molar-refractivity contribution in [1.82, 2.24) is 10.6 Å². The van der Waals surface area contributed by atoms with Crippen molar-refractivity contribution in [2.45, 2.75) is 25.9 Å². The standard InChI is InChI=1S/C6H14N2.2ClH/c1-5-3-7-4-6(2)8-5;;/h5-8H,3-4H2,1-2H3;2*1H. The van der Waals surface area contributed by atoms with E-state index in [9.17, 15) is 0 Å². The zero-order chi connectivity index (χ0) is 5.98. The molecule has 1 fully saturated rings. The Morgan fingerprint density at radius 3 is 1.60 bits per heavy atom. The molecule has 0 amide bonds. The lowest BCUT2D eigenvalue weighted by molar-refractivity contribution is 0.370. The van der Waals surface area contributed by atoms with Gasteiger partial charge in [0, 0.05) is 25.2 Å². The molecule has 2 N–H and O–H groups in total. The summed E-state index contributed by atoms with van der Waals surface area (Å²) in [6.07, 6.45) is 0. The molecule has 0 saturated carbocycles. The van der Waals surface area contributed by atoms with Crippen LogP contribution in [0, 0.1) is 0 Å². The van der Waals surface area contributed by atoms with Gasteiger partial charge in [-0.15, -0.1) is 24.8 Å². The van der Waals surface area contributed by atoms with Gasteiger partial charge in [0.25, 0.3) is 0 Å². The van der Waals surface area contributed by atoms with Crippen molar-refractivity contribution in [2.24, 2.45) is 0 Å². The molecule has 1 rings (SSSR count). The van der Waals surface area contributed by atoms with Crippen LogP contribution in [0.4, 0.5) is 0 Å². The van der Waals surface area contributed by atoms with Gasteiger partial charge in [0.1, 0.15) is 0 Å². The largest absolute Gasteiger partial charge is 0.314 e. The van der Waals surface area contributed by atoms with Gasteiger partial charge in [-0.25, -0.2) is 0 Å². The predicted molar refractivity (Wildman–Crippen MR) is 49.4 cm³/mol. The zero-order valence-corrected chi connectivity index (χ0v) is 8.02. The first kappa shape index (κ1) is 13.1. The molecule has 0 aliphatic carbocycles. The van der Waals surface area contributed by atoms with E-state index in [0.29, 0.717) is 12.1 Å². The molecule has 2 nitrogen and oxygen atoms in total. The van der Waals surface area contributed by atoms with Crippen LogP contribution in [0.25, 0.3) is 0 Å². The van der Waals surface area contributed by atoms with Crippen LogP contribution in [-0.4, -0.2) is 25.2 Å². The molecular weight excluding hydrogens is 171 g/mol. The smallest absolute Gasteiger partial charge is 0.0167 e. The van der Waals surface area contributed by atoms with Crippen LogP contribution in [-0.2, 0) is 0 Å².